The van der Waals surface area contributed by atoms with E-state index < -0.39 is 0 Å². The van der Waals surface area contributed by atoms with E-state index in [0.717, 1.165) is 16.5 Å². The van der Waals surface area contributed by atoms with Crippen molar-refractivity contribution in [3.63, 3.8) is 0 Å². The Bertz CT molecular complexity index is 1090. The zero-order valence-electron chi connectivity index (χ0n) is 16.8. The summed E-state index contributed by atoms with van der Waals surface area (Å²) < 4.78 is 10.6. The molecule has 7 nitrogen and oxygen atoms in total. The molecule has 0 spiro atoms. The van der Waals surface area contributed by atoms with E-state index in [1.54, 1.807) is 37.3 Å². The lowest BCUT2D eigenvalue weighted by molar-refractivity contribution is -0.117. The fourth-order valence-electron chi connectivity index (χ4n) is 3.72. The lowest BCUT2D eigenvalue weighted by Gasteiger charge is -2.19. The number of fused-ring (bicyclic) bond motifs is 1. The highest BCUT2D eigenvalue weighted by atomic mass is 16.5. The number of benzene rings is 3. The molecule has 1 atom stereocenters. The van der Waals surface area contributed by atoms with Gasteiger partial charge < -0.3 is 25.0 Å². The Morgan fingerprint density at radius 2 is 1.77 bits per heavy atom. The minimum absolute atomic E-state index is 0.0577. The predicted octanol–water partition coefficient (Wildman–Crippen LogP) is 3.78. The fraction of sp³-hybridized carbons (Fsp3) is 0.217. The molecule has 0 aromatic heterocycles. The molecule has 3 amide bonds. The van der Waals surface area contributed by atoms with E-state index in [4.69, 9.17) is 9.47 Å². The molecule has 1 fully saturated rings. The molecule has 7 heteroatoms. The smallest absolute Gasteiger partial charge is 0.319 e. The van der Waals surface area contributed by atoms with Crippen LogP contribution in [0.3, 0.4) is 0 Å². The van der Waals surface area contributed by atoms with Crippen molar-refractivity contribution in [3.05, 3.63) is 60.7 Å². The topological polar surface area (TPSA) is 79.9 Å². The number of carbonyl (C=O) groups excluding carboxylic acids is 2. The molecule has 2 N–H and O–H groups in total. The van der Waals surface area contributed by atoms with Crippen LogP contribution in [-0.2, 0) is 4.79 Å². The lowest BCUT2D eigenvalue weighted by Crippen LogP contribution is -2.39. The summed E-state index contributed by atoms with van der Waals surface area (Å²) in [7, 11) is 3.11. The first-order valence-electron chi connectivity index (χ1n) is 9.66. The van der Waals surface area contributed by atoms with Gasteiger partial charge in [0.05, 0.1) is 25.9 Å². The number of amides is 3. The van der Waals surface area contributed by atoms with Crippen LogP contribution in [0.1, 0.15) is 6.42 Å². The van der Waals surface area contributed by atoms with Crippen LogP contribution in [0.2, 0.25) is 0 Å². The average molecular weight is 405 g/mol. The minimum atomic E-state index is -0.335. The number of ether oxygens (including phenoxy) is 2. The zero-order valence-corrected chi connectivity index (χ0v) is 16.8. The average Bonchev–Trinajstić information content (AvgIpc) is 3.13. The zero-order chi connectivity index (χ0) is 21.1. The molecular weight excluding hydrogens is 382 g/mol. The molecule has 1 heterocycles. The van der Waals surface area contributed by atoms with Gasteiger partial charge in [0.1, 0.15) is 0 Å². The molecule has 1 saturated heterocycles. The summed E-state index contributed by atoms with van der Waals surface area (Å²) in [5.41, 5.74) is 1.43. The van der Waals surface area contributed by atoms with E-state index in [0.29, 0.717) is 23.7 Å². The number of nitrogens with one attached hydrogen (secondary N) is 2. The van der Waals surface area contributed by atoms with Crippen molar-refractivity contribution < 1.29 is 19.1 Å². The van der Waals surface area contributed by atoms with Gasteiger partial charge in [-0.05, 0) is 23.6 Å². The van der Waals surface area contributed by atoms with Gasteiger partial charge in [0.25, 0.3) is 0 Å². The molecule has 3 aromatic rings. The van der Waals surface area contributed by atoms with Crippen LogP contribution in [0.15, 0.2) is 60.7 Å². The van der Waals surface area contributed by atoms with Crippen LogP contribution < -0.4 is 25.0 Å². The molecule has 0 unspecified atom stereocenters. The Balaban J connectivity index is 1.44. The van der Waals surface area contributed by atoms with Crippen molar-refractivity contribution in [1.82, 2.24) is 5.32 Å². The Labute approximate surface area is 174 Å². The number of nitrogens with zero attached hydrogens (tertiary/aromatic N) is 1. The Kier molecular flexibility index (Phi) is 5.43. The second-order valence-corrected chi connectivity index (χ2v) is 7.07. The van der Waals surface area contributed by atoms with Crippen molar-refractivity contribution in [1.29, 1.82) is 0 Å². The summed E-state index contributed by atoms with van der Waals surface area (Å²) >= 11 is 0. The van der Waals surface area contributed by atoms with Gasteiger partial charge in [-0.2, -0.15) is 0 Å². The molecule has 0 radical (unpaired) electrons. The first-order valence-corrected chi connectivity index (χ1v) is 9.66. The largest absolute Gasteiger partial charge is 0.493 e. The van der Waals surface area contributed by atoms with Gasteiger partial charge in [0.15, 0.2) is 11.5 Å². The molecule has 30 heavy (non-hydrogen) atoms. The van der Waals surface area contributed by atoms with Crippen LogP contribution in [0, 0.1) is 0 Å². The van der Waals surface area contributed by atoms with Gasteiger partial charge in [-0.15, -0.1) is 0 Å². The van der Waals surface area contributed by atoms with Gasteiger partial charge in [-0.3, -0.25) is 4.79 Å². The van der Waals surface area contributed by atoms with Crippen LogP contribution >= 0.6 is 0 Å². The number of rotatable bonds is 5. The van der Waals surface area contributed by atoms with Gasteiger partial charge in [0.2, 0.25) is 5.91 Å². The van der Waals surface area contributed by atoms with Crippen molar-refractivity contribution in [2.24, 2.45) is 0 Å². The summed E-state index contributed by atoms with van der Waals surface area (Å²) in [5, 5.41) is 7.81. The Morgan fingerprint density at radius 1 is 1.00 bits per heavy atom. The third-order valence-electron chi connectivity index (χ3n) is 5.18. The second-order valence-electron chi connectivity index (χ2n) is 7.07. The maximum absolute atomic E-state index is 12.6. The normalized spacial score (nSPS) is 15.9. The molecule has 154 valence electrons. The maximum Gasteiger partial charge on any atom is 0.319 e. The standard InChI is InChI=1S/C23H23N3O4/c1-29-20-11-10-17(13-21(20)30-2)26-14-16(12-22(26)27)24-23(28)25-19-9-5-7-15-6-3-4-8-18(15)19/h3-11,13,16H,12,14H2,1-2H3,(H2,24,25,28)/t16-/m0/s1. The van der Waals surface area contributed by atoms with Gasteiger partial charge >= 0.3 is 6.03 Å². The number of hydrogen-bond donors (Lipinski definition) is 2. The number of methoxy groups -OCH3 is 2. The van der Waals surface area contributed by atoms with E-state index in [1.165, 1.54) is 0 Å². The van der Waals surface area contributed by atoms with Crippen LogP contribution in [0.5, 0.6) is 11.5 Å². The van der Waals surface area contributed by atoms with E-state index >= 15 is 0 Å². The molecule has 1 aliphatic heterocycles. The summed E-state index contributed by atoms with van der Waals surface area (Å²) in [4.78, 5) is 26.7. The Hall–Kier alpha value is -3.74. The van der Waals surface area contributed by atoms with E-state index in [1.807, 2.05) is 42.5 Å². The number of urea groups is 1. The van der Waals surface area contributed by atoms with Crippen LogP contribution in [0.25, 0.3) is 10.8 Å². The monoisotopic (exact) mass is 405 g/mol. The summed E-state index contributed by atoms with van der Waals surface area (Å²) in [6, 6.07) is 18.3. The number of anilines is 2. The summed E-state index contributed by atoms with van der Waals surface area (Å²) in [6.07, 6.45) is 0.233. The van der Waals surface area contributed by atoms with E-state index in [9.17, 15) is 9.59 Å². The minimum Gasteiger partial charge on any atom is -0.493 e. The third-order valence-corrected chi connectivity index (χ3v) is 5.18. The highest BCUT2D eigenvalue weighted by Crippen LogP contribution is 2.33. The van der Waals surface area contributed by atoms with Crippen molar-refractivity contribution in [2.45, 2.75) is 12.5 Å². The fourth-order valence-corrected chi connectivity index (χ4v) is 3.72. The van der Waals surface area contributed by atoms with Crippen LogP contribution in [0.4, 0.5) is 16.2 Å². The van der Waals surface area contributed by atoms with Crippen molar-refractivity contribution >= 4 is 34.1 Å². The van der Waals surface area contributed by atoms with Gasteiger partial charge in [-0.1, -0.05) is 36.4 Å². The molecule has 0 aliphatic carbocycles. The quantitative estimate of drug-likeness (QED) is 0.677. The second kappa shape index (κ2) is 8.32. The van der Waals surface area contributed by atoms with E-state index in [2.05, 4.69) is 10.6 Å². The molecular formula is C23H23N3O4. The van der Waals surface area contributed by atoms with Crippen molar-refractivity contribution in [3.8, 4) is 11.5 Å². The third kappa shape index (κ3) is 3.87. The van der Waals surface area contributed by atoms with E-state index in [-0.39, 0.29) is 24.4 Å². The highest BCUT2D eigenvalue weighted by Gasteiger charge is 2.32. The van der Waals surface area contributed by atoms with Crippen LogP contribution in [-0.4, -0.2) is 38.7 Å². The molecule has 3 aromatic carbocycles. The molecule has 0 bridgehead atoms. The van der Waals surface area contributed by atoms with Crippen molar-refractivity contribution in [2.75, 3.05) is 31.0 Å². The molecule has 4 rings (SSSR count). The summed E-state index contributed by atoms with van der Waals surface area (Å²) in [6.45, 7) is 0.386. The highest BCUT2D eigenvalue weighted by molar-refractivity contribution is 6.02. The first kappa shape index (κ1) is 19.6. The molecule has 1 aliphatic rings. The lowest BCUT2D eigenvalue weighted by atomic mass is 10.1. The van der Waals surface area contributed by atoms with Gasteiger partial charge in [0, 0.05) is 30.1 Å². The number of hydrogen-bond acceptors (Lipinski definition) is 4. The number of carbonyl (C=O) groups is 2. The predicted molar refractivity (Wildman–Crippen MR) is 116 cm³/mol. The molecule has 0 saturated carbocycles. The first-order chi connectivity index (χ1) is 14.6. The van der Waals surface area contributed by atoms with Gasteiger partial charge in [-0.25, -0.2) is 4.79 Å². The maximum atomic E-state index is 12.6. The summed E-state index contributed by atoms with van der Waals surface area (Å²) in [5.74, 6) is 1.09. The Morgan fingerprint density at radius 3 is 2.57 bits per heavy atom. The SMILES string of the molecule is COc1ccc(N2C[C@@H](NC(=O)Nc3cccc4ccccc34)CC2=O)cc1OC.